The maximum Gasteiger partial charge on any atom is 0.200 e. The third kappa shape index (κ3) is 3.94. The van der Waals surface area contributed by atoms with Gasteiger partial charge in [0, 0.05) is 5.71 Å². The van der Waals surface area contributed by atoms with E-state index in [4.69, 9.17) is 9.42 Å². The second-order valence-electron chi connectivity index (χ2n) is 7.76. The van der Waals surface area contributed by atoms with Gasteiger partial charge in [-0.2, -0.15) is 0 Å². The van der Waals surface area contributed by atoms with Crippen molar-refractivity contribution in [2.45, 2.75) is 77.0 Å². The van der Waals surface area contributed by atoms with Gasteiger partial charge in [0.05, 0.1) is 12.6 Å². The maximum atomic E-state index is 6.71. The molecule has 0 saturated carbocycles. The molecular formula is C20H33NOSi. The number of nitrogens with zero attached hydrogens (tertiary/aromatic N) is 1. The van der Waals surface area contributed by atoms with Crippen LogP contribution in [0.3, 0.4) is 0 Å². The van der Waals surface area contributed by atoms with E-state index >= 15 is 0 Å². The van der Waals surface area contributed by atoms with Crippen LogP contribution in [-0.4, -0.2) is 26.7 Å². The van der Waals surface area contributed by atoms with E-state index in [0.717, 1.165) is 19.4 Å². The number of hydrogen-bond acceptors (Lipinski definition) is 2. The Morgan fingerprint density at radius 3 is 2.09 bits per heavy atom. The van der Waals surface area contributed by atoms with Gasteiger partial charge in [-0.05, 0) is 35.0 Å². The van der Waals surface area contributed by atoms with E-state index in [1.807, 2.05) is 0 Å². The predicted molar refractivity (Wildman–Crippen MR) is 103 cm³/mol. The Balaban J connectivity index is 2.06. The van der Waals surface area contributed by atoms with Gasteiger partial charge in [-0.1, -0.05) is 71.9 Å². The summed E-state index contributed by atoms with van der Waals surface area (Å²) in [4.78, 5) is 4.95. The Bertz CT molecular complexity index is 500. The van der Waals surface area contributed by atoms with Gasteiger partial charge in [0.25, 0.3) is 0 Å². The summed E-state index contributed by atoms with van der Waals surface area (Å²) in [5, 5.41) is 0. The Morgan fingerprint density at radius 2 is 1.57 bits per heavy atom. The van der Waals surface area contributed by atoms with Crippen LogP contribution in [0, 0.1) is 0 Å². The van der Waals surface area contributed by atoms with Crippen molar-refractivity contribution in [2.75, 3.05) is 6.61 Å². The molecule has 0 radical (unpaired) electrons. The van der Waals surface area contributed by atoms with E-state index in [1.165, 1.54) is 11.3 Å². The van der Waals surface area contributed by atoms with Crippen LogP contribution in [0.2, 0.25) is 16.6 Å². The summed E-state index contributed by atoms with van der Waals surface area (Å²) < 4.78 is 6.71. The lowest BCUT2D eigenvalue weighted by atomic mass is 10.1. The molecule has 0 bridgehead atoms. The van der Waals surface area contributed by atoms with Crippen LogP contribution >= 0.6 is 0 Å². The SMILES string of the molecule is CC(C)[Si](OC[C@H]1CCC(c2ccccc2)=N1)(C(C)C)C(C)C. The first-order valence-corrected chi connectivity index (χ1v) is 11.3. The van der Waals surface area contributed by atoms with Crippen molar-refractivity contribution in [3.05, 3.63) is 35.9 Å². The smallest absolute Gasteiger partial charge is 0.200 e. The van der Waals surface area contributed by atoms with Crippen LogP contribution in [0.25, 0.3) is 0 Å². The molecule has 0 aliphatic carbocycles. The van der Waals surface area contributed by atoms with E-state index in [9.17, 15) is 0 Å². The Hall–Kier alpha value is -0.933. The van der Waals surface area contributed by atoms with E-state index in [2.05, 4.69) is 71.9 Å². The quantitative estimate of drug-likeness (QED) is 0.576. The second-order valence-corrected chi connectivity index (χ2v) is 13.2. The minimum absolute atomic E-state index is 0.341. The Kier molecular flexibility index (Phi) is 6.21. The van der Waals surface area contributed by atoms with Crippen molar-refractivity contribution in [1.29, 1.82) is 0 Å². The summed E-state index contributed by atoms with van der Waals surface area (Å²) in [5.41, 5.74) is 4.45. The molecular weight excluding hydrogens is 298 g/mol. The molecule has 2 nitrogen and oxygen atoms in total. The molecule has 23 heavy (non-hydrogen) atoms. The summed E-state index contributed by atoms with van der Waals surface area (Å²) in [6.07, 6.45) is 2.21. The molecule has 1 atom stereocenters. The van der Waals surface area contributed by atoms with Gasteiger partial charge in [0.2, 0.25) is 0 Å². The van der Waals surface area contributed by atoms with E-state index in [-0.39, 0.29) is 0 Å². The van der Waals surface area contributed by atoms with Crippen molar-refractivity contribution in [3.63, 3.8) is 0 Å². The molecule has 0 fully saturated rings. The first-order chi connectivity index (χ1) is 10.9. The summed E-state index contributed by atoms with van der Waals surface area (Å²) >= 11 is 0. The van der Waals surface area contributed by atoms with Gasteiger partial charge in [-0.3, -0.25) is 4.99 Å². The highest BCUT2D eigenvalue weighted by atomic mass is 28.4. The van der Waals surface area contributed by atoms with Crippen molar-refractivity contribution in [1.82, 2.24) is 0 Å². The van der Waals surface area contributed by atoms with Crippen molar-refractivity contribution in [2.24, 2.45) is 4.99 Å². The Morgan fingerprint density at radius 1 is 1.00 bits per heavy atom. The standard InChI is InChI=1S/C20H33NOSi/c1-15(2)23(16(3)4,17(5)6)22-14-19-12-13-20(21-19)18-10-8-7-9-11-18/h7-11,15-17,19H,12-14H2,1-6H3/t19-/m1/s1. The van der Waals surface area contributed by atoms with Crippen LogP contribution in [0.15, 0.2) is 35.3 Å². The van der Waals surface area contributed by atoms with Gasteiger partial charge in [0.15, 0.2) is 8.32 Å². The largest absolute Gasteiger partial charge is 0.414 e. The van der Waals surface area contributed by atoms with Gasteiger partial charge in [0.1, 0.15) is 0 Å². The third-order valence-corrected chi connectivity index (χ3v) is 11.5. The lowest BCUT2D eigenvalue weighted by Gasteiger charge is -2.42. The first-order valence-electron chi connectivity index (χ1n) is 9.14. The molecule has 0 saturated heterocycles. The zero-order valence-electron chi connectivity index (χ0n) is 15.7. The monoisotopic (exact) mass is 331 g/mol. The summed E-state index contributed by atoms with van der Waals surface area (Å²) in [6, 6.07) is 10.9. The zero-order chi connectivity index (χ0) is 17.0. The summed E-state index contributed by atoms with van der Waals surface area (Å²) in [7, 11) is -1.77. The number of benzene rings is 1. The predicted octanol–water partition coefficient (Wildman–Crippen LogP) is 5.83. The lowest BCUT2D eigenvalue weighted by Crippen LogP contribution is -2.48. The maximum absolute atomic E-state index is 6.71. The zero-order valence-corrected chi connectivity index (χ0v) is 16.7. The fourth-order valence-electron chi connectivity index (χ4n) is 4.36. The highest BCUT2D eigenvalue weighted by Gasteiger charge is 2.45. The second kappa shape index (κ2) is 7.76. The molecule has 2 rings (SSSR count). The fourth-order valence-corrected chi connectivity index (χ4v) is 9.84. The van der Waals surface area contributed by atoms with Gasteiger partial charge < -0.3 is 4.43 Å². The molecule has 3 heteroatoms. The van der Waals surface area contributed by atoms with E-state index in [0.29, 0.717) is 22.7 Å². The summed E-state index contributed by atoms with van der Waals surface area (Å²) in [5.74, 6) is 0. The molecule has 128 valence electrons. The lowest BCUT2D eigenvalue weighted by molar-refractivity contribution is 0.254. The first kappa shape index (κ1) is 18.4. The van der Waals surface area contributed by atoms with Crippen LogP contribution in [-0.2, 0) is 4.43 Å². The number of rotatable bonds is 7. The minimum atomic E-state index is -1.77. The fraction of sp³-hybridized carbons (Fsp3) is 0.650. The number of aliphatic imine (C=N–C) groups is 1. The van der Waals surface area contributed by atoms with Gasteiger partial charge in [-0.25, -0.2) is 0 Å². The van der Waals surface area contributed by atoms with E-state index in [1.54, 1.807) is 0 Å². The van der Waals surface area contributed by atoms with Gasteiger partial charge in [-0.15, -0.1) is 0 Å². The molecule has 0 aromatic heterocycles. The Labute approximate surface area is 143 Å². The highest BCUT2D eigenvalue weighted by Crippen LogP contribution is 2.42. The highest BCUT2D eigenvalue weighted by molar-refractivity contribution is 6.77. The average molecular weight is 332 g/mol. The number of hydrogen-bond donors (Lipinski definition) is 0. The van der Waals surface area contributed by atoms with Crippen molar-refractivity contribution < 1.29 is 4.43 Å². The minimum Gasteiger partial charge on any atom is -0.414 e. The van der Waals surface area contributed by atoms with Crippen LogP contribution < -0.4 is 0 Å². The van der Waals surface area contributed by atoms with Gasteiger partial charge >= 0.3 is 0 Å². The van der Waals surface area contributed by atoms with E-state index < -0.39 is 8.32 Å². The van der Waals surface area contributed by atoms with Crippen LogP contribution in [0.4, 0.5) is 0 Å². The average Bonchev–Trinajstić information content (AvgIpc) is 2.96. The molecule has 1 aliphatic heterocycles. The third-order valence-electron chi connectivity index (χ3n) is 5.39. The molecule has 1 aliphatic rings. The molecule has 0 amide bonds. The van der Waals surface area contributed by atoms with Crippen LogP contribution in [0.5, 0.6) is 0 Å². The molecule has 0 N–H and O–H groups in total. The van der Waals surface area contributed by atoms with Crippen molar-refractivity contribution >= 4 is 14.0 Å². The molecule has 0 unspecified atom stereocenters. The van der Waals surface area contributed by atoms with Crippen LogP contribution in [0.1, 0.15) is 59.9 Å². The molecule has 1 aromatic carbocycles. The molecule has 1 heterocycles. The molecule has 0 spiro atoms. The topological polar surface area (TPSA) is 21.6 Å². The summed E-state index contributed by atoms with van der Waals surface area (Å²) in [6.45, 7) is 14.9. The molecule has 1 aromatic rings. The van der Waals surface area contributed by atoms with Crippen molar-refractivity contribution in [3.8, 4) is 0 Å². The normalized spacial score (nSPS) is 19.0.